The van der Waals surface area contributed by atoms with Crippen LogP contribution in [0.15, 0.2) is 66.7 Å². The van der Waals surface area contributed by atoms with Gasteiger partial charge in [0.1, 0.15) is 11.6 Å². The van der Waals surface area contributed by atoms with Gasteiger partial charge in [-0.05, 0) is 42.3 Å². The second kappa shape index (κ2) is 8.81. The van der Waals surface area contributed by atoms with Crippen LogP contribution in [-0.4, -0.2) is 11.7 Å². The Morgan fingerprint density at radius 3 is 2.32 bits per heavy atom. The van der Waals surface area contributed by atoms with E-state index in [9.17, 15) is 14.0 Å². The minimum atomic E-state index is -0.602. The average molecular weight is 396 g/mol. The van der Waals surface area contributed by atoms with E-state index in [4.69, 9.17) is 11.6 Å². The first-order valence-corrected chi connectivity index (χ1v) is 9.22. The van der Waals surface area contributed by atoms with Crippen molar-refractivity contribution in [1.82, 2.24) is 0 Å². The molecule has 0 fully saturated rings. The first-order chi connectivity index (χ1) is 13.4. The standard InChI is InChI=1S/C23H19ClFNO2/c1-15-5-4-6-16(11-15)12-18(27)13-17-9-10-22(20(24)14-17)26-23(28)19-7-2-3-8-21(19)25/h2-11,14H,12-13H2,1H3,(H,26,28). The number of hydrogen-bond donors (Lipinski definition) is 1. The largest absolute Gasteiger partial charge is 0.321 e. The fraction of sp³-hybridized carbons (Fsp3) is 0.130. The molecule has 0 aliphatic carbocycles. The van der Waals surface area contributed by atoms with Gasteiger partial charge in [-0.1, -0.05) is 59.6 Å². The minimum absolute atomic E-state index is 0.0593. The van der Waals surface area contributed by atoms with Crippen molar-refractivity contribution in [2.75, 3.05) is 5.32 Å². The summed E-state index contributed by atoms with van der Waals surface area (Å²) in [5, 5.41) is 2.89. The van der Waals surface area contributed by atoms with Crippen molar-refractivity contribution < 1.29 is 14.0 Å². The van der Waals surface area contributed by atoms with Crippen molar-refractivity contribution >= 4 is 29.0 Å². The molecule has 0 radical (unpaired) electrons. The molecular formula is C23H19ClFNO2. The molecule has 0 unspecified atom stereocenters. The van der Waals surface area contributed by atoms with E-state index >= 15 is 0 Å². The number of halogens is 2. The van der Waals surface area contributed by atoms with Gasteiger partial charge in [-0.25, -0.2) is 4.39 Å². The Labute approximate surface area is 168 Å². The van der Waals surface area contributed by atoms with Gasteiger partial charge in [0.05, 0.1) is 16.3 Å². The van der Waals surface area contributed by atoms with Gasteiger partial charge < -0.3 is 5.32 Å². The molecule has 3 aromatic carbocycles. The van der Waals surface area contributed by atoms with Crippen LogP contribution in [0.5, 0.6) is 0 Å². The minimum Gasteiger partial charge on any atom is -0.321 e. The van der Waals surface area contributed by atoms with E-state index in [-0.39, 0.29) is 17.8 Å². The van der Waals surface area contributed by atoms with Crippen LogP contribution in [0, 0.1) is 12.7 Å². The number of ketones is 1. The summed E-state index contributed by atoms with van der Waals surface area (Å²) in [5.74, 6) is -1.11. The first-order valence-electron chi connectivity index (χ1n) is 8.84. The van der Waals surface area contributed by atoms with E-state index in [1.165, 1.54) is 18.2 Å². The molecule has 1 amide bonds. The van der Waals surface area contributed by atoms with E-state index in [0.717, 1.165) is 16.7 Å². The number of anilines is 1. The van der Waals surface area contributed by atoms with Gasteiger partial charge in [0, 0.05) is 12.8 Å². The summed E-state index contributed by atoms with van der Waals surface area (Å²) in [5.41, 5.74) is 3.15. The van der Waals surface area contributed by atoms with Gasteiger partial charge in [-0.15, -0.1) is 0 Å². The lowest BCUT2D eigenvalue weighted by Gasteiger charge is -2.10. The molecule has 0 heterocycles. The second-order valence-electron chi connectivity index (χ2n) is 6.63. The molecule has 142 valence electrons. The number of carbonyl (C=O) groups excluding carboxylic acids is 2. The van der Waals surface area contributed by atoms with Gasteiger partial charge in [0.15, 0.2) is 0 Å². The summed E-state index contributed by atoms with van der Waals surface area (Å²) in [4.78, 5) is 24.6. The number of benzene rings is 3. The van der Waals surface area contributed by atoms with Crippen LogP contribution in [0.25, 0.3) is 0 Å². The van der Waals surface area contributed by atoms with E-state index in [1.807, 2.05) is 31.2 Å². The zero-order valence-corrected chi connectivity index (χ0v) is 16.1. The van der Waals surface area contributed by atoms with E-state index in [1.54, 1.807) is 24.3 Å². The molecule has 0 aliphatic heterocycles. The highest BCUT2D eigenvalue weighted by Gasteiger charge is 2.13. The summed E-state index contributed by atoms with van der Waals surface area (Å²) >= 11 is 6.25. The molecule has 0 aliphatic rings. The van der Waals surface area contributed by atoms with Crippen molar-refractivity contribution in [1.29, 1.82) is 0 Å². The molecule has 3 aromatic rings. The van der Waals surface area contributed by atoms with Crippen molar-refractivity contribution in [3.8, 4) is 0 Å². The normalized spacial score (nSPS) is 10.5. The lowest BCUT2D eigenvalue weighted by molar-refractivity contribution is -0.117. The van der Waals surface area contributed by atoms with Gasteiger partial charge in [0.25, 0.3) is 5.91 Å². The Hall–Kier alpha value is -2.98. The number of Topliss-reactive ketones (excluding diaryl/α,β-unsaturated/α-hetero) is 1. The topological polar surface area (TPSA) is 46.2 Å². The molecule has 3 nitrogen and oxygen atoms in total. The number of nitrogens with one attached hydrogen (secondary N) is 1. The van der Waals surface area contributed by atoms with Gasteiger partial charge >= 0.3 is 0 Å². The molecule has 0 spiro atoms. The quantitative estimate of drug-likeness (QED) is 0.607. The smallest absolute Gasteiger partial charge is 0.258 e. The van der Waals surface area contributed by atoms with Crippen molar-refractivity contribution in [2.45, 2.75) is 19.8 Å². The third kappa shape index (κ3) is 5.05. The maximum atomic E-state index is 13.7. The Morgan fingerprint density at radius 2 is 1.64 bits per heavy atom. The third-order valence-electron chi connectivity index (χ3n) is 4.29. The van der Waals surface area contributed by atoms with Gasteiger partial charge in [-0.2, -0.15) is 0 Å². The predicted octanol–water partition coefficient (Wildman–Crippen LogP) is 5.39. The summed E-state index contributed by atoms with van der Waals surface area (Å²) in [6.07, 6.45) is 0.597. The maximum Gasteiger partial charge on any atom is 0.258 e. The van der Waals surface area contributed by atoms with Crippen LogP contribution < -0.4 is 5.32 Å². The molecular weight excluding hydrogens is 377 g/mol. The summed E-state index contributed by atoms with van der Waals surface area (Å²) < 4.78 is 13.7. The number of rotatable bonds is 6. The summed E-state index contributed by atoms with van der Waals surface area (Å²) in [7, 11) is 0. The fourth-order valence-corrected chi connectivity index (χ4v) is 3.20. The molecule has 0 bridgehead atoms. The molecule has 3 rings (SSSR count). The first kappa shape index (κ1) is 19.8. The molecule has 28 heavy (non-hydrogen) atoms. The van der Waals surface area contributed by atoms with Crippen LogP contribution in [-0.2, 0) is 17.6 Å². The van der Waals surface area contributed by atoms with Gasteiger partial charge in [-0.3, -0.25) is 9.59 Å². The molecule has 0 aromatic heterocycles. The number of aryl methyl sites for hydroxylation is 1. The Balaban J connectivity index is 1.66. The Kier molecular flexibility index (Phi) is 6.22. The lowest BCUT2D eigenvalue weighted by Crippen LogP contribution is -2.14. The highest BCUT2D eigenvalue weighted by atomic mass is 35.5. The monoisotopic (exact) mass is 395 g/mol. The zero-order chi connectivity index (χ0) is 20.1. The van der Waals surface area contributed by atoms with Crippen LogP contribution in [0.3, 0.4) is 0 Å². The molecule has 0 atom stereocenters. The predicted molar refractivity (Wildman–Crippen MR) is 109 cm³/mol. The van der Waals surface area contributed by atoms with E-state index in [0.29, 0.717) is 17.1 Å². The van der Waals surface area contributed by atoms with Crippen LogP contribution in [0.1, 0.15) is 27.0 Å². The maximum absolute atomic E-state index is 13.7. The zero-order valence-electron chi connectivity index (χ0n) is 15.3. The molecule has 1 N–H and O–H groups in total. The summed E-state index contributed by atoms with van der Waals surface area (Å²) in [6, 6.07) is 18.6. The number of amides is 1. The fourth-order valence-electron chi connectivity index (χ4n) is 2.94. The molecule has 0 saturated carbocycles. The highest BCUT2D eigenvalue weighted by Crippen LogP contribution is 2.24. The van der Waals surface area contributed by atoms with Crippen LogP contribution >= 0.6 is 11.6 Å². The third-order valence-corrected chi connectivity index (χ3v) is 4.60. The van der Waals surface area contributed by atoms with E-state index in [2.05, 4.69) is 5.32 Å². The Bertz CT molecular complexity index is 1030. The lowest BCUT2D eigenvalue weighted by atomic mass is 10.0. The molecule has 0 saturated heterocycles. The van der Waals surface area contributed by atoms with E-state index < -0.39 is 11.7 Å². The highest BCUT2D eigenvalue weighted by molar-refractivity contribution is 6.34. The van der Waals surface area contributed by atoms with Crippen molar-refractivity contribution in [3.63, 3.8) is 0 Å². The van der Waals surface area contributed by atoms with Gasteiger partial charge in [0.2, 0.25) is 0 Å². The van der Waals surface area contributed by atoms with Crippen molar-refractivity contribution in [2.24, 2.45) is 0 Å². The van der Waals surface area contributed by atoms with Crippen LogP contribution in [0.2, 0.25) is 5.02 Å². The van der Waals surface area contributed by atoms with Crippen molar-refractivity contribution in [3.05, 3.63) is 99.8 Å². The summed E-state index contributed by atoms with van der Waals surface area (Å²) in [6.45, 7) is 1.99. The molecule has 5 heteroatoms. The number of carbonyl (C=O) groups is 2. The average Bonchev–Trinajstić information content (AvgIpc) is 2.64. The second-order valence-corrected chi connectivity index (χ2v) is 7.04. The van der Waals surface area contributed by atoms with Crippen LogP contribution in [0.4, 0.5) is 10.1 Å². The SMILES string of the molecule is Cc1cccc(CC(=O)Cc2ccc(NC(=O)c3ccccc3F)c(Cl)c2)c1. The Morgan fingerprint density at radius 1 is 0.929 bits per heavy atom. The number of hydrogen-bond acceptors (Lipinski definition) is 2.